The molecule has 6 atom stereocenters. The normalized spacial score (nSPS) is 34.8. The standard InChI is InChI=1S/C18H26O6/c1-5-18(3,4)17(21)22-8-9(2)15(19)23-13-10-6-11-12(7-10)16(20)24-14(11)13/h9-14H,5-8H2,1-4H3. The van der Waals surface area contributed by atoms with Crippen molar-refractivity contribution in [3.8, 4) is 0 Å². The highest BCUT2D eigenvalue weighted by Gasteiger charge is 2.63. The summed E-state index contributed by atoms with van der Waals surface area (Å²) in [5.74, 6) is -0.952. The van der Waals surface area contributed by atoms with Crippen molar-refractivity contribution >= 4 is 17.9 Å². The molecule has 0 spiro atoms. The number of hydrogen-bond acceptors (Lipinski definition) is 6. The summed E-state index contributed by atoms with van der Waals surface area (Å²) in [6, 6.07) is 0. The Hall–Kier alpha value is -1.59. The zero-order valence-corrected chi connectivity index (χ0v) is 14.7. The summed E-state index contributed by atoms with van der Waals surface area (Å²) >= 11 is 0. The van der Waals surface area contributed by atoms with Crippen LogP contribution in [0.2, 0.25) is 0 Å². The average Bonchev–Trinajstić information content (AvgIpc) is 3.16. The number of ether oxygens (including phenoxy) is 3. The minimum atomic E-state index is -0.554. The van der Waals surface area contributed by atoms with Gasteiger partial charge in [-0.15, -0.1) is 0 Å². The molecule has 0 aromatic heterocycles. The van der Waals surface area contributed by atoms with E-state index >= 15 is 0 Å². The molecular weight excluding hydrogens is 312 g/mol. The molecule has 0 aromatic carbocycles. The fourth-order valence-corrected chi connectivity index (χ4v) is 3.92. The van der Waals surface area contributed by atoms with Crippen molar-refractivity contribution in [3.05, 3.63) is 0 Å². The van der Waals surface area contributed by atoms with Crippen LogP contribution in [0.5, 0.6) is 0 Å². The number of carbonyl (C=O) groups is 3. The molecule has 1 aliphatic heterocycles. The third-order valence-electron chi connectivity index (χ3n) is 5.97. The molecule has 6 unspecified atom stereocenters. The predicted octanol–water partition coefficient (Wildman–Crippen LogP) is 2.10. The molecule has 2 saturated carbocycles. The van der Waals surface area contributed by atoms with E-state index in [0.717, 1.165) is 12.8 Å². The molecule has 0 amide bonds. The van der Waals surface area contributed by atoms with Gasteiger partial charge in [0, 0.05) is 11.8 Å². The third-order valence-corrected chi connectivity index (χ3v) is 5.97. The van der Waals surface area contributed by atoms with Gasteiger partial charge in [-0.25, -0.2) is 0 Å². The van der Waals surface area contributed by atoms with E-state index in [-0.39, 0.29) is 48.5 Å². The van der Waals surface area contributed by atoms with Gasteiger partial charge < -0.3 is 14.2 Å². The van der Waals surface area contributed by atoms with Crippen LogP contribution in [0.15, 0.2) is 0 Å². The first-order valence-corrected chi connectivity index (χ1v) is 8.82. The van der Waals surface area contributed by atoms with Crippen LogP contribution in [0, 0.1) is 29.1 Å². The quantitative estimate of drug-likeness (QED) is 0.545. The van der Waals surface area contributed by atoms with Crippen molar-refractivity contribution in [2.45, 2.75) is 59.2 Å². The Kier molecular flexibility index (Phi) is 4.34. The van der Waals surface area contributed by atoms with Gasteiger partial charge in [-0.1, -0.05) is 6.92 Å². The Bertz CT molecular complexity index is 554. The van der Waals surface area contributed by atoms with Crippen LogP contribution >= 0.6 is 0 Å². The maximum Gasteiger partial charge on any atom is 0.312 e. The second-order valence-electron chi connectivity index (χ2n) is 8.04. The highest BCUT2D eigenvalue weighted by molar-refractivity contribution is 5.78. The van der Waals surface area contributed by atoms with Gasteiger partial charge in [0.15, 0.2) is 0 Å². The van der Waals surface area contributed by atoms with E-state index in [0.29, 0.717) is 6.42 Å². The lowest BCUT2D eigenvalue weighted by Gasteiger charge is -2.27. The number of rotatable bonds is 6. The van der Waals surface area contributed by atoms with E-state index in [1.807, 2.05) is 20.8 Å². The van der Waals surface area contributed by atoms with E-state index in [9.17, 15) is 14.4 Å². The van der Waals surface area contributed by atoms with E-state index < -0.39 is 17.3 Å². The van der Waals surface area contributed by atoms with Crippen LogP contribution in [0.4, 0.5) is 0 Å². The van der Waals surface area contributed by atoms with Gasteiger partial charge in [-0.2, -0.15) is 0 Å². The van der Waals surface area contributed by atoms with E-state index in [2.05, 4.69) is 0 Å². The lowest BCUT2D eigenvalue weighted by molar-refractivity contribution is -0.169. The minimum absolute atomic E-state index is 0.00426. The van der Waals surface area contributed by atoms with Crippen molar-refractivity contribution in [1.29, 1.82) is 0 Å². The Balaban J connectivity index is 1.51. The Morgan fingerprint density at radius 2 is 2.04 bits per heavy atom. The van der Waals surface area contributed by atoms with Gasteiger partial charge in [0.25, 0.3) is 0 Å². The number of fused-ring (bicyclic) bond motifs is 1. The van der Waals surface area contributed by atoms with Crippen LogP contribution in [0.1, 0.15) is 47.0 Å². The predicted molar refractivity (Wildman–Crippen MR) is 83.7 cm³/mol. The largest absolute Gasteiger partial charge is 0.464 e. The molecule has 6 nitrogen and oxygen atoms in total. The second-order valence-corrected chi connectivity index (χ2v) is 8.04. The van der Waals surface area contributed by atoms with Gasteiger partial charge in [-0.05, 0) is 40.0 Å². The maximum absolute atomic E-state index is 12.3. The SMILES string of the molecule is CCC(C)(C)C(=O)OCC(C)C(=O)OC1C2CC3C(=O)OC1C3C2. The first-order valence-electron chi connectivity index (χ1n) is 8.82. The molecule has 134 valence electrons. The van der Waals surface area contributed by atoms with Crippen molar-refractivity contribution in [2.24, 2.45) is 29.1 Å². The zero-order chi connectivity index (χ0) is 17.6. The average molecular weight is 338 g/mol. The van der Waals surface area contributed by atoms with Crippen LogP contribution in [0.25, 0.3) is 0 Å². The zero-order valence-electron chi connectivity index (χ0n) is 14.7. The number of hydrogen-bond donors (Lipinski definition) is 0. The van der Waals surface area contributed by atoms with Crippen molar-refractivity contribution in [2.75, 3.05) is 6.61 Å². The molecule has 1 heterocycles. The van der Waals surface area contributed by atoms with Gasteiger partial charge in [-0.3, -0.25) is 14.4 Å². The summed E-state index contributed by atoms with van der Waals surface area (Å²) in [5, 5.41) is 0. The molecule has 3 rings (SSSR count). The molecule has 2 bridgehead atoms. The van der Waals surface area contributed by atoms with E-state index in [1.165, 1.54) is 0 Å². The molecular formula is C18H26O6. The summed E-state index contributed by atoms with van der Waals surface area (Å²) in [6.07, 6.45) is 1.71. The molecule has 3 aliphatic rings. The van der Waals surface area contributed by atoms with Gasteiger partial charge in [0.05, 0.1) is 17.3 Å². The topological polar surface area (TPSA) is 78.9 Å². The molecule has 6 heteroatoms. The first-order chi connectivity index (χ1) is 11.2. The van der Waals surface area contributed by atoms with E-state index in [4.69, 9.17) is 14.2 Å². The van der Waals surface area contributed by atoms with Crippen LogP contribution < -0.4 is 0 Å². The second kappa shape index (κ2) is 6.05. The van der Waals surface area contributed by atoms with Gasteiger partial charge in [0.1, 0.15) is 18.8 Å². The Labute approximate surface area is 142 Å². The fourth-order valence-electron chi connectivity index (χ4n) is 3.92. The lowest BCUT2D eigenvalue weighted by Crippen LogP contribution is -2.38. The highest BCUT2D eigenvalue weighted by Crippen LogP contribution is 2.55. The van der Waals surface area contributed by atoms with Crippen molar-refractivity contribution in [3.63, 3.8) is 0 Å². The smallest absolute Gasteiger partial charge is 0.312 e. The minimum Gasteiger partial charge on any atom is -0.464 e. The molecule has 0 aromatic rings. The highest BCUT2D eigenvalue weighted by atomic mass is 16.6. The Morgan fingerprint density at radius 3 is 2.71 bits per heavy atom. The number of carbonyl (C=O) groups excluding carboxylic acids is 3. The summed E-state index contributed by atoms with van der Waals surface area (Å²) < 4.78 is 16.3. The summed E-state index contributed by atoms with van der Waals surface area (Å²) in [5.41, 5.74) is -0.554. The van der Waals surface area contributed by atoms with E-state index in [1.54, 1.807) is 6.92 Å². The van der Waals surface area contributed by atoms with Gasteiger partial charge >= 0.3 is 17.9 Å². The molecule has 2 aliphatic carbocycles. The number of esters is 3. The lowest BCUT2D eigenvalue weighted by atomic mass is 9.88. The monoisotopic (exact) mass is 338 g/mol. The van der Waals surface area contributed by atoms with Crippen LogP contribution in [-0.2, 0) is 28.6 Å². The van der Waals surface area contributed by atoms with Crippen molar-refractivity contribution in [1.82, 2.24) is 0 Å². The summed E-state index contributed by atoms with van der Waals surface area (Å²) in [6.45, 7) is 7.25. The first kappa shape index (κ1) is 17.2. The summed E-state index contributed by atoms with van der Waals surface area (Å²) in [4.78, 5) is 36.0. The molecule has 24 heavy (non-hydrogen) atoms. The third kappa shape index (κ3) is 2.80. The van der Waals surface area contributed by atoms with Gasteiger partial charge in [0.2, 0.25) is 0 Å². The molecule has 0 radical (unpaired) electrons. The molecule has 0 N–H and O–H groups in total. The van der Waals surface area contributed by atoms with Crippen LogP contribution in [0.3, 0.4) is 0 Å². The maximum atomic E-state index is 12.3. The molecule has 3 fully saturated rings. The fraction of sp³-hybridized carbons (Fsp3) is 0.833. The molecule has 1 saturated heterocycles. The summed E-state index contributed by atoms with van der Waals surface area (Å²) in [7, 11) is 0. The Morgan fingerprint density at radius 1 is 1.33 bits per heavy atom. The van der Waals surface area contributed by atoms with Crippen molar-refractivity contribution < 1.29 is 28.6 Å². The van der Waals surface area contributed by atoms with Crippen LogP contribution in [-0.4, -0.2) is 36.7 Å².